The molecule has 7 nitrogen and oxygen atoms in total. The maximum atomic E-state index is 12.9. The van der Waals surface area contributed by atoms with Crippen LogP contribution in [-0.2, 0) is 0 Å². The van der Waals surface area contributed by atoms with E-state index in [1.807, 2.05) is 4.90 Å². The van der Waals surface area contributed by atoms with Gasteiger partial charge in [-0.2, -0.15) is 0 Å². The first-order chi connectivity index (χ1) is 13.0. The fourth-order valence-electron chi connectivity index (χ4n) is 4.95. The van der Waals surface area contributed by atoms with Crippen LogP contribution in [-0.4, -0.2) is 96.3 Å². The van der Waals surface area contributed by atoms with Gasteiger partial charge in [-0.05, 0) is 37.8 Å². The summed E-state index contributed by atoms with van der Waals surface area (Å²) < 4.78 is 5.19. The van der Waals surface area contributed by atoms with Gasteiger partial charge in [-0.3, -0.25) is 14.7 Å². The second kappa shape index (κ2) is 7.73. The van der Waals surface area contributed by atoms with Crippen molar-refractivity contribution in [3.63, 3.8) is 0 Å². The Morgan fingerprint density at radius 1 is 1.15 bits per heavy atom. The molecular formula is C20H30N4O3. The average molecular weight is 374 g/mol. The molecule has 1 aromatic heterocycles. The van der Waals surface area contributed by atoms with E-state index in [4.69, 9.17) is 4.74 Å². The van der Waals surface area contributed by atoms with Crippen LogP contribution >= 0.6 is 0 Å². The van der Waals surface area contributed by atoms with Gasteiger partial charge in [0, 0.05) is 51.5 Å². The Kier molecular flexibility index (Phi) is 5.34. The third kappa shape index (κ3) is 3.81. The van der Waals surface area contributed by atoms with Crippen LogP contribution in [0, 0.1) is 11.8 Å². The number of aliphatic hydroxyl groups excluding tert-OH is 1. The summed E-state index contributed by atoms with van der Waals surface area (Å²) in [4.78, 5) is 23.7. The fraction of sp³-hybridized carbons (Fsp3) is 0.700. The van der Waals surface area contributed by atoms with Crippen LogP contribution < -0.4 is 4.74 Å². The zero-order valence-electron chi connectivity index (χ0n) is 16.3. The number of likely N-dealkylation sites (N-methyl/N-ethyl adjacent to an activating group) is 1. The monoisotopic (exact) mass is 374 g/mol. The van der Waals surface area contributed by atoms with Crippen molar-refractivity contribution in [3.8, 4) is 5.75 Å². The quantitative estimate of drug-likeness (QED) is 0.833. The normalized spacial score (nSPS) is 32.3. The molecule has 0 unspecified atom stereocenters. The third-order valence-electron chi connectivity index (χ3n) is 6.60. The van der Waals surface area contributed by atoms with Gasteiger partial charge in [0.15, 0.2) is 0 Å². The molecule has 0 spiro atoms. The van der Waals surface area contributed by atoms with Crippen molar-refractivity contribution in [2.75, 3.05) is 53.4 Å². The number of carbonyl (C=O) groups is 1. The smallest absolute Gasteiger partial charge is 0.255 e. The summed E-state index contributed by atoms with van der Waals surface area (Å²) in [6.07, 6.45) is 4.70. The molecule has 7 heteroatoms. The highest BCUT2D eigenvalue weighted by atomic mass is 16.5. The number of nitrogens with zero attached hydrogens (tertiary/aromatic N) is 4. The molecule has 27 heavy (non-hydrogen) atoms. The number of carbonyl (C=O) groups excluding carboxylic acids is 1. The van der Waals surface area contributed by atoms with E-state index in [1.165, 1.54) is 0 Å². The zero-order chi connectivity index (χ0) is 19.0. The molecular weight excluding hydrogens is 344 g/mol. The van der Waals surface area contributed by atoms with Gasteiger partial charge in [0.25, 0.3) is 5.91 Å². The predicted molar refractivity (Wildman–Crippen MR) is 102 cm³/mol. The maximum absolute atomic E-state index is 12.9. The van der Waals surface area contributed by atoms with Crippen LogP contribution in [0.25, 0.3) is 0 Å². The number of methoxy groups -OCH3 is 1. The molecule has 2 aliphatic heterocycles. The first kappa shape index (κ1) is 18.7. The summed E-state index contributed by atoms with van der Waals surface area (Å²) in [7, 11) is 3.73. The van der Waals surface area contributed by atoms with Crippen molar-refractivity contribution >= 4 is 5.91 Å². The Balaban J connectivity index is 1.41. The van der Waals surface area contributed by atoms with Gasteiger partial charge >= 0.3 is 0 Å². The summed E-state index contributed by atoms with van der Waals surface area (Å²) in [6.45, 7) is 5.67. The molecule has 3 fully saturated rings. The molecule has 3 aliphatic rings. The molecule has 1 N–H and O–H groups in total. The Labute approximate surface area is 160 Å². The minimum Gasteiger partial charge on any atom is -0.495 e. The highest BCUT2D eigenvalue weighted by Gasteiger charge is 2.45. The van der Waals surface area contributed by atoms with Crippen LogP contribution in [0.15, 0.2) is 18.5 Å². The summed E-state index contributed by atoms with van der Waals surface area (Å²) in [5, 5.41) is 10.8. The van der Waals surface area contributed by atoms with E-state index in [0.717, 1.165) is 52.1 Å². The van der Waals surface area contributed by atoms with E-state index in [9.17, 15) is 9.90 Å². The van der Waals surface area contributed by atoms with Gasteiger partial charge in [0.2, 0.25) is 0 Å². The SMILES string of the molecule is COc1cncc(C(=O)N2C[C@H]3C[C@@H](N4CCN(C)CC4)[C@H](O)C[C@H]3C2)c1. The van der Waals surface area contributed by atoms with Gasteiger partial charge < -0.3 is 19.6 Å². The number of aliphatic hydroxyl groups is 1. The van der Waals surface area contributed by atoms with Crippen molar-refractivity contribution in [2.24, 2.45) is 11.8 Å². The molecule has 1 aromatic rings. The molecule has 1 amide bonds. The van der Waals surface area contributed by atoms with E-state index >= 15 is 0 Å². The van der Waals surface area contributed by atoms with Crippen LogP contribution in [0.5, 0.6) is 5.75 Å². The number of pyridine rings is 1. The zero-order valence-corrected chi connectivity index (χ0v) is 16.3. The number of amides is 1. The molecule has 0 radical (unpaired) electrons. The Morgan fingerprint density at radius 2 is 1.85 bits per heavy atom. The first-order valence-electron chi connectivity index (χ1n) is 9.94. The molecule has 0 bridgehead atoms. The van der Waals surface area contributed by atoms with Crippen molar-refractivity contribution in [1.29, 1.82) is 0 Å². The molecule has 4 atom stereocenters. The number of ether oxygens (including phenoxy) is 1. The number of likely N-dealkylation sites (tertiary alicyclic amines) is 1. The molecule has 1 aliphatic carbocycles. The summed E-state index contributed by atoms with van der Waals surface area (Å²) in [6, 6.07) is 1.98. The lowest BCUT2D eigenvalue weighted by molar-refractivity contribution is -0.0249. The van der Waals surface area contributed by atoms with E-state index in [2.05, 4.69) is 21.8 Å². The van der Waals surface area contributed by atoms with Gasteiger partial charge in [-0.15, -0.1) is 0 Å². The van der Waals surface area contributed by atoms with E-state index in [0.29, 0.717) is 23.1 Å². The Morgan fingerprint density at radius 3 is 2.56 bits per heavy atom. The number of hydrogen-bond donors (Lipinski definition) is 1. The van der Waals surface area contributed by atoms with Gasteiger partial charge in [0.05, 0.1) is 25.0 Å². The minimum absolute atomic E-state index is 0.0152. The Hall–Kier alpha value is -1.70. The highest BCUT2D eigenvalue weighted by molar-refractivity contribution is 5.94. The third-order valence-corrected chi connectivity index (χ3v) is 6.60. The molecule has 148 valence electrons. The van der Waals surface area contributed by atoms with Crippen molar-refractivity contribution in [2.45, 2.75) is 25.0 Å². The summed E-state index contributed by atoms with van der Waals surface area (Å²) >= 11 is 0. The fourth-order valence-corrected chi connectivity index (χ4v) is 4.95. The first-order valence-corrected chi connectivity index (χ1v) is 9.94. The Bertz CT molecular complexity index is 677. The molecule has 3 heterocycles. The number of piperazine rings is 1. The minimum atomic E-state index is -0.289. The van der Waals surface area contributed by atoms with Gasteiger partial charge in [-0.25, -0.2) is 0 Å². The predicted octanol–water partition coefficient (Wildman–Crippen LogP) is 0.549. The maximum Gasteiger partial charge on any atom is 0.255 e. The molecule has 0 aromatic carbocycles. The van der Waals surface area contributed by atoms with E-state index < -0.39 is 0 Å². The van der Waals surface area contributed by atoms with Gasteiger partial charge in [0.1, 0.15) is 5.75 Å². The van der Waals surface area contributed by atoms with Crippen molar-refractivity contribution < 1.29 is 14.6 Å². The topological polar surface area (TPSA) is 69.1 Å². The number of aromatic nitrogens is 1. The number of hydrogen-bond acceptors (Lipinski definition) is 6. The second-order valence-corrected chi connectivity index (χ2v) is 8.29. The lowest BCUT2D eigenvalue weighted by Crippen LogP contribution is -2.55. The van der Waals surface area contributed by atoms with Gasteiger partial charge in [-0.1, -0.05) is 0 Å². The lowest BCUT2D eigenvalue weighted by Gasteiger charge is -2.44. The van der Waals surface area contributed by atoms with Crippen LogP contribution in [0.2, 0.25) is 0 Å². The van der Waals surface area contributed by atoms with Crippen LogP contribution in [0.4, 0.5) is 0 Å². The summed E-state index contributed by atoms with van der Waals surface area (Å²) in [5.74, 6) is 1.48. The van der Waals surface area contributed by atoms with E-state index in [-0.39, 0.29) is 18.1 Å². The summed E-state index contributed by atoms with van der Waals surface area (Å²) in [5.41, 5.74) is 0.573. The standard InChI is InChI=1S/C20H30N4O3/c1-22-3-5-23(6-4-22)18-8-15-12-24(13-16(15)9-19(18)25)20(26)14-7-17(27-2)11-21-10-14/h7,10-11,15-16,18-19,25H,3-6,8-9,12-13H2,1-2H3/t15-,16+,18-,19-/m1/s1. The van der Waals surface area contributed by atoms with Crippen LogP contribution in [0.1, 0.15) is 23.2 Å². The van der Waals surface area contributed by atoms with Crippen LogP contribution in [0.3, 0.4) is 0 Å². The van der Waals surface area contributed by atoms with Crippen molar-refractivity contribution in [1.82, 2.24) is 19.7 Å². The lowest BCUT2D eigenvalue weighted by atomic mass is 9.77. The number of rotatable bonds is 3. The number of fused-ring (bicyclic) bond motifs is 1. The molecule has 2 saturated heterocycles. The highest BCUT2D eigenvalue weighted by Crippen LogP contribution is 2.39. The van der Waals surface area contributed by atoms with E-state index in [1.54, 1.807) is 25.6 Å². The second-order valence-electron chi connectivity index (χ2n) is 8.29. The largest absolute Gasteiger partial charge is 0.495 e. The average Bonchev–Trinajstić information content (AvgIpc) is 3.10. The molecule has 1 saturated carbocycles. The van der Waals surface area contributed by atoms with Crippen molar-refractivity contribution in [3.05, 3.63) is 24.0 Å². The molecule has 4 rings (SSSR count).